The average molecular weight is 317 g/mol. The van der Waals surface area contributed by atoms with Crippen LogP contribution in [0.3, 0.4) is 0 Å². The Bertz CT molecular complexity index is 917. The lowest BCUT2D eigenvalue weighted by molar-refractivity contribution is -0.116. The summed E-state index contributed by atoms with van der Waals surface area (Å²) in [6.07, 6.45) is 1.34. The number of thiophene rings is 1. The third kappa shape index (κ3) is 2.75. The van der Waals surface area contributed by atoms with E-state index < -0.39 is 11.7 Å². The fourth-order valence-corrected chi connectivity index (χ4v) is 2.76. The fraction of sp³-hybridized carbons (Fsp3) is 0.133. The molecule has 0 saturated heterocycles. The van der Waals surface area contributed by atoms with Crippen LogP contribution in [0.4, 0.5) is 10.1 Å². The molecule has 0 unspecified atom stereocenters. The van der Waals surface area contributed by atoms with Crippen LogP contribution >= 0.6 is 11.3 Å². The van der Waals surface area contributed by atoms with Crippen LogP contribution in [0.5, 0.6) is 0 Å². The average Bonchev–Trinajstić information content (AvgIpc) is 2.95. The predicted octanol–water partition coefficient (Wildman–Crippen LogP) is 2.54. The van der Waals surface area contributed by atoms with E-state index in [0.717, 1.165) is 0 Å². The number of amides is 1. The van der Waals surface area contributed by atoms with Crippen molar-refractivity contribution >= 4 is 33.1 Å². The van der Waals surface area contributed by atoms with Crippen molar-refractivity contribution in [2.45, 2.75) is 13.5 Å². The molecule has 2 aromatic heterocycles. The molecule has 0 aliphatic rings. The third-order valence-corrected chi connectivity index (χ3v) is 4.04. The van der Waals surface area contributed by atoms with Crippen LogP contribution in [-0.2, 0) is 11.3 Å². The second-order valence-electron chi connectivity index (χ2n) is 4.83. The number of nitrogens with zero attached hydrogens (tertiary/aromatic N) is 2. The molecule has 0 aliphatic carbocycles. The summed E-state index contributed by atoms with van der Waals surface area (Å²) in [7, 11) is 0. The van der Waals surface area contributed by atoms with Crippen molar-refractivity contribution in [3.8, 4) is 0 Å². The second kappa shape index (κ2) is 5.69. The minimum absolute atomic E-state index is 0.173. The summed E-state index contributed by atoms with van der Waals surface area (Å²) in [5.41, 5.74) is 0.587. The topological polar surface area (TPSA) is 64.0 Å². The van der Waals surface area contributed by atoms with E-state index in [1.54, 1.807) is 30.5 Å². The standard InChI is InChI=1S/C15H12FN3O2S/c1-9-2-3-10(6-12(9)16)18-13(20)7-19-8-17-14-11(15(19)21)4-5-22-14/h2-6,8H,7H2,1H3,(H,18,20). The highest BCUT2D eigenvalue weighted by molar-refractivity contribution is 7.16. The SMILES string of the molecule is Cc1ccc(NC(=O)Cn2cnc3sccc3c2=O)cc1F. The Morgan fingerprint density at radius 2 is 2.23 bits per heavy atom. The zero-order valence-corrected chi connectivity index (χ0v) is 12.5. The van der Waals surface area contributed by atoms with Crippen molar-refractivity contribution in [2.75, 3.05) is 5.32 Å². The zero-order valence-electron chi connectivity index (χ0n) is 11.7. The molecule has 1 amide bonds. The number of fused-ring (bicyclic) bond motifs is 1. The highest BCUT2D eigenvalue weighted by Crippen LogP contribution is 2.14. The van der Waals surface area contributed by atoms with E-state index in [1.807, 2.05) is 0 Å². The van der Waals surface area contributed by atoms with Gasteiger partial charge in [-0.05, 0) is 36.1 Å². The summed E-state index contributed by atoms with van der Waals surface area (Å²) in [5, 5.41) is 4.83. The van der Waals surface area contributed by atoms with Crippen molar-refractivity contribution in [1.29, 1.82) is 0 Å². The normalized spacial score (nSPS) is 10.8. The van der Waals surface area contributed by atoms with Gasteiger partial charge >= 0.3 is 0 Å². The zero-order chi connectivity index (χ0) is 15.7. The van der Waals surface area contributed by atoms with Gasteiger partial charge in [-0.1, -0.05) is 6.07 Å². The molecule has 0 fully saturated rings. The van der Waals surface area contributed by atoms with Crippen LogP contribution < -0.4 is 10.9 Å². The number of hydrogen-bond donors (Lipinski definition) is 1. The smallest absolute Gasteiger partial charge is 0.262 e. The van der Waals surface area contributed by atoms with Gasteiger partial charge in [-0.3, -0.25) is 14.2 Å². The molecule has 0 spiro atoms. The molecule has 2 heterocycles. The number of carbonyl (C=O) groups is 1. The van der Waals surface area contributed by atoms with Gasteiger partial charge in [0, 0.05) is 5.69 Å². The number of rotatable bonds is 3. The van der Waals surface area contributed by atoms with Crippen LogP contribution in [0, 0.1) is 12.7 Å². The maximum Gasteiger partial charge on any atom is 0.262 e. The second-order valence-corrected chi connectivity index (χ2v) is 5.72. The van der Waals surface area contributed by atoms with Crippen LogP contribution in [0.1, 0.15) is 5.56 Å². The van der Waals surface area contributed by atoms with Gasteiger partial charge in [-0.25, -0.2) is 9.37 Å². The minimum Gasteiger partial charge on any atom is -0.324 e. The summed E-state index contributed by atoms with van der Waals surface area (Å²) < 4.78 is 14.7. The Morgan fingerprint density at radius 3 is 3.00 bits per heavy atom. The van der Waals surface area contributed by atoms with Crippen LogP contribution in [0.2, 0.25) is 0 Å². The number of aryl methyl sites for hydroxylation is 1. The number of carbonyl (C=O) groups excluding carboxylic acids is 1. The largest absolute Gasteiger partial charge is 0.324 e. The molecule has 0 saturated carbocycles. The summed E-state index contributed by atoms with van der Waals surface area (Å²) in [6, 6.07) is 6.12. The Labute approximate surface area is 129 Å². The molecular formula is C15H12FN3O2S. The van der Waals surface area contributed by atoms with Gasteiger partial charge in [-0.15, -0.1) is 11.3 Å². The molecule has 3 rings (SSSR count). The highest BCUT2D eigenvalue weighted by Gasteiger charge is 2.09. The molecule has 112 valence electrons. The summed E-state index contributed by atoms with van der Waals surface area (Å²) >= 11 is 1.37. The quantitative estimate of drug-likeness (QED) is 0.807. The lowest BCUT2D eigenvalue weighted by atomic mass is 10.2. The van der Waals surface area contributed by atoms with Crippen molar-refractivity contribution in [2.24, 2.45) is 0 Å². The van der Waals surface area contributed by atoms with E-state index in [4.69, 9.17) is 0 Å². The molecule has 5 nitrogen and oxygen atoms in total. The Hall–Kier alpha value is -2.54. The van der Waals surface area contributed by atoms with Gasteiger partial charge in [0.25, 0.3) is 5.56 Å². The Kier molecular flexibility index (Phi) is 3.72. The molecule has 7 heteroatoms. The van der Waals surface area contributed by atoms with E-state index in [9.17, 15) is 14.0 Å². The number of anilines is 1. The van der Waals surface area contributed by atoms with E-state index in [1.165, 1.54) is 28.3 Å². The van der Waals surface area contributed by atoms with Crippen molar-refractivity contribution in [3.05, 3.63) is 57.7 Å². The first-order valence-corrected chi connectivity index (χ1v) is 7.41. The molecule has 3 aromatic rings. The molecule has 22 heavy (non-hydrogen) atoms. The first-order valence-electron chi connectivity index (χ1n) is 6.53. The molecule has 0 aliphatic heterocycles. The number of hydrogen-bond acceptors (Lipinski definition) is 4. The van der Waals surface area contributed by atoms with Gasteiger partial charge in [0.1, 0.15) is 17.2 Å². The monoisotopic (exact) mass is 317 g/mol. The number of halogens is 1. The van der Waals surface area contributed by atoms with E-state index in [2.05, 4.69) is 10.3 Å². The lowest BCUT2D eigenvalue weighted by Gasteiger charge is -2.08. The fourth-order valence-electron chi connectivity index (χ4n) is 2.03. The van der Waals surface area contributed by atoms with E-state index in [0.29, 0.717) is 21.5 Å². The molecule has 1 aromatic carbocycles. The van der Waals surface area contributed by atoms with E-state index in [-0.39, 0.29) is 12.1 Å². The molecule has 1 N–H and O–H groups in total. The van der Waals surface area contributed by atoms with Crippen LogP contribution in [-0.4, -0.2) is 15.5 Å². The van der Waals surface area contributed by atoms with Gasteiger partial charge in [0.2, 0.25) is 5.91 Å². The predicted molar refractivity (Wildman–Crippen MR) is 83.6 cm³/mol. The maximum absolute atomic E-state index is 13.4. The van der Waals surface area contributed by atoms with Gasteiger partial charge in [0.05, 0.1) is 11.7 Å². The van der Waals surface area contributed by atoms with Crippen molar-refractivity contribution < 1.29 is 9.18 Å². The van der Waals surface area contributed by atoms with Gasteiger partial charge in [0.15, 0.2) is 0 Å². The highest BCUT2D eigenvalue weighted by atomic mass is 32.1. The molecule has 0 atom stereocenters. The minimum atomic E-state index is -0.415. The number of aromatic nitrogens is 2. The third-order valence-electron chi connectivity index (χ3n) is 3.22. The van der Waals surface area contributed by atoms with Crippen LogP contribution in [0.25, 0.3) is 10.2 Å². The van der Waals surface area contributed by atoms with Crippen molar-refractivity contribution in [1.82, 2.24) is 9.55 Å². The number of benzene rings is 1. The Balaban J connectivity index is 1.79. The maximum atomic E-state index is 13.4. The summed E-state index contributed by atoms with van der Waals surface area (Å²) in [4.78, 5) is 28.9. The lowest BCUT2D eigenvalue weighted by Crippen LogP contribution is -2.27. The Morgan fingerprint density at radius 1 is 1.41 bits per heavy atom. The van der Waals surface area contributed by atoms with Gasteiger partial charge in [-0.2, -0.15) is 0 Å². The van der Waals surface area contributed by atoms with Crippen molar-refractivity contribution in [3.63, 3.8) is 0 Å². The van der Waals surface area contributed by atoms with Crippen LogP contribution in [0.15, 0.2) is 40.8 Å². The van der Waals surface area contributed by atoms with E-state index >= 15 is 0 Å². The molecular weight excluding hydrogens is 305 g/mol. The first-order chi connectivity index (χ1) is 10.5. The van der Waals surface area contributed by atoms with Gasteiger partial charge < -0.3 is 5.32 Å². The molecule has 0 radical (unpaired) electrons. The summed E-state index contributed by atoms with van der Waals surface area (Å²) in [6.45, 7) is 1.47. The number of nitrogens with one attached hydrogen (secondary N) is 1. The summed E-state index contributed by atoms with van der Waals surface area (Å²) in [5.74, 6) is -0.807. The molecule has 0 bridgehead atoms. The first kappa shape index (κ1) is 14.4.